The Hall–Kier alpha value is -0.980. The molecule has 0 aliphatic carbocycles. The molecular weight excluding hydrogens is 498 g/mol. The highest BCUT2D eigenvalue weighted by molar-refractivity contribution is 14.0. The molecule has 1 saturated heterocycles. The van der Waals surface area contributed by atoms with Gasteiger partial charge < -0.3 is 15.0 Å². The Morgan fingerprint density at radius 1 is 1.29 bits per heavy atom. The average molecular weight is 528 g/mol. The number of hydrogen-bond acceptors (Lipinski definition) is 4. The van der Waals surface area contributed by atoms with E-state index in [1.54, 1.807) is 19.1 Å². The molecule has 0 radical (unpaired) electrons. The Kier molecular flexibility index (Phi) is 10.6. The van der Waals surface area contributed by atoms with Crippen LogP contribution in [0.3, 0.4) is 0 Å². The van der Waals surface area contributed by atoms with E-state index in [9.17, 15) is 12.8 Å². The molecule has 1 aromatic carbocycles. The minimum Gasteiger partial charge on any atom is -0.367 e. The quantitative estimate of drug-likeness (QED) is 0.245. The zero-order chi connectivity index (χ0) is 19.9. The average Bonchev–Trinajstić information content (AvgIpc) is 2.64. The van der Waals surface area contributed by atoms with Crippen LogP contribution in [0.15, 0.2) is 29.3 Å². The first kappa shape index (κ1) is 25.1. The second kappa shape index (κ2) is 11.9. The molecule has 1 aromatic rings. The maximum Gasteiger partial charge on any atom is 0.211 e. The lowest BCUT2D eigenvalue weighted by atomic mass is 10.1. The molecule has 0 amide bonds. The number of benzene rings is 1. The monoisotopic (exact) mass is 528 g/mol. The van der Waals surface area contributed by atoms with Crippen LogP contribution in [0.4, 0.5) is 4.39 Å². The van der Waals surface area contributed by atoms with Gasteiger partial charge in [0.25, 0.3) is 0 Å². The Labute approximate surface area is 184 Å². The summed E-state index contributed by atoms with van der Waals surface area (Å²) >= 11 is 0. The van der Waals surface area contributed by atoms with Crippen LogP contribution in [0.25, 0.3) is 0 Å². The van der Waals surface area contributed by atoms with Crippen LogP contribution in [0, 0.1) is 5.82 Å². The summed E-state index contributed by atoms with van der Waals surface area (Å²) in [5.74, 6) is 0.497. The van der Waals surface area contributed by atoms with Gasteiger partial charge in [0.05, 0.1) is 24.9 Å². The van der Waals surface area contributed by atoms with Crippen LogP contribution in [-0.2, 0) is 14.8 Å². The molecule has 160 valence electrons. The summed E-state index contributed by atoms with van der Waals surface area (Å²) in [7, 11) is -3.22. The second-order valence-electron chi connectivity index (χ2n) is 6.43. The minimum atomic E-state index is -3.22. The molecule has 0 spiro atoms. The van der Waals surface area contributed by atoms with Crippen molar-refractivity contribution < 1.29 is 17.5 Å². The molecule has 1 heterocycles. The number of sulfonamides is 1. The highest BCUT2D eigenvalue weighted by Crippen LogP contribution is 2.25. The molecule has 0 saturated carbocycles. The van der Waals surface area contributed by atoms with Crippen molar-refractivity contribution in [1.82, 2.24) is 14.9 Å². The van der Waals surface area contributed by atoms with Crippen LogP contribution < -0.4 is 10.0 Å². The summed E-state index contributed by atoms with van der Waals surface area (Å²) in [6, 6.07) is 6.34. The minimum absolute atomic E-state index is 0. The lowest BCUT2D eigenvalue weighted by molar-refractivity contribution is -0.0605. The van der Waals surface area contributed by atoms with E-state index in [0.717, 1.165) is 11.5 Å². The SMILES string of the molecule is CCNC(=NCCNS(=O)(=O)CC)N1CC(C)OC(c2ccc(F)cc2)C1.I. The van der Waals surface area contributed by atoms with Crippen molar-refractivity contribution in [1.29, 1.82) is 0 Å². The van der Waals surface area contributed by atoms with Crippen LogP contribution in [0.5, 0.6) is 0 Å². The van der Waals surface area contributed by atoms with Crippen molar-refractivity contribution in [3.63, 3.8) is 0 Å². The van der Waals surface area contributed by atoms with E-state index in [0.29, 0.717) is 26.2 Å². The molecule has 7 nitrogen and oxygen atoms in total. The van der Waals surface area contributed by atoms with Gasteiger partial charge in [-0.25, -0.2) is 17.5 Å². The molecule has 2 atom stereocenters. The number of halogens is 2. The predicted octanol–water partition coefficient (Wildman–Crippen LogP) is 2.11. The Balaban J connectivity index is 0.00000392. The normalized spacial score (nSPS) is 20.6. The molecule has 2 unspecified atom stereocenters. The van der Waals surface area contributed by atoms with E-state index in [4.69, 9.17) is 4.74 Å². The summed E-state index contributed by atoms with van der Waals surface area (Å²) < 4.78 is 44.7. The van der Waals surface area contributed by atoms with E-state index >= 15 is 0 Å². The molecule has 1 aliphatic rings. The fourth-order valence-corrected chi connectivity index (χ4v) is 3.48. The predicted molar refractivity (Wildman–Crippen MR) is 120 cm³/mol. The zero-order valence-corrected chi connectivity index (χ0v) is 19.7. The van der Waals surface area contributed by atoms with E-state index in [1.165, 1.54) is 12.1 Å². The summed E-state index contributed by atoms with van der Waals surface area (Å²) in [6.45, 7) is 8.12. The summed E-state index contributed by atoms with van der Waals surface area (Å²) in [4.78, 5) is 6.64. The van der Waals surface area contributed by atoms with Crippen molar-refractivity contribution in [2.75, 3.05) is 38.5 Å². The van der Waals surface area contributed by atoms with Gasteiger partial charge in [-0.15, -0.1) is 24.0 Å². The van der Waals surface area contributed by atoms with Crippen molar-refractivity contribution in [2.24, 2.45) is 4.99 Å². The van der Waals surface area contributed by atoms with Gasteiger partial charge in [-0.1, -0.05) is 12.1 Å². The molecule has 0 aromatic heterocycles. The molecule has 0 bridgehead atoms. The standard InChI is InChI=1S/C18H29FN4O3S.HI/c1-4-20-18(21-10-11-22-27(24,25)5-2)23-12-14(3)26-17(13-23)15-6-8-16(19)9-7-15;/h6-9,14,17,22H,4-5,10-13H2,1-3H3,(H,20,21);1H. The largest absolute Gasteiger partial charge is 0.367 e. The molecule has 28 heavy (non-hydrogen) atoms. The van der Waals surface area contributed by atoms with Gasteiger partial charge in [0.1, 0.15) is 11.9 Å². The lowest BCUT2D eigenvalue weighted by Gasteiger charge is -2.38. The van der Waals surface area contributed by atoms with Crippen molar-refractivity contribution in [3.05, 3.63) is 35.6 Å². The maximum absolute atomic E-state index is 13.2. The number of nitrogens with one attached hydrogen (secondary N) is 2. The number of ether oxygens (including phenoxy) is 1. The molecular formula is C18H30FIN4O3S. The third kappa shape index (κ3) is 7.80. The van der Waals surface area contributed by atoms with Crippen LogP contribution in [-0.4, -0.2) is 63.9 Å². The summed E-state index contributed by atoms with van der Waals surface area (Å²) in [6.07, 6.45) is -0.201. The van der Waals surface area contributed by atoms with Crippen molar-refractivity contribution in [3.8, 4) is 0 Å². The fraction of sp³-hybridized carbons (Fsp3) is 0.611. The van der Waals surface area contributed by atoms with Gasteiger partial charge in [-0.05, 0) is 38.5 Å². The van der Waals surface area contributed by atoms with Crippen molar-refractivity contribution in [2.45, 2.75) is 33.0 Å². The van der Waals surface area contributed by atoms with Crippen LogP contribution >= 0.6 is 24.0 Å². The molecule has 2 N–H and O–H groups in total. The lowest BCUT2D eigenvalue weighted by Crippen LogP contribution is -2.51. The molecule has 1 fully saturated rings. The van der Waals surface area contributed by atoms with E-state index in [1.807, 2.05) is 13.8 Å². The van der Waals surface area contributed by atoms with Gasteiger partial charge in [-0.2, -0.15) is 0 Å². The van der Waals surface area contributed by atoms with E-state index in [-0.39, 0.29) is 54.3 Å². The maximum atomic E-state index is 13.2. The molecule has 10 heteroatoms. The first-order chi connectivity index (χ1) is 12.8. The number of aliphatic imine (C=N–C) groups is 1. The highest BCUT2D eigenvalue weighted by Gasteiger charge is 2.28. The Morgan fingerprint density at radius 2 is 1.96 bits per heavy atom. The fourth-order valence-electron chi connectivity index (χ4n) is 2.88. The number of nitrogens with zero attached hydrogens (tertiary/aromatic N) is 2. The third-order valence-corrected chi connectivity index (χ3v) is 5.62. The summed E-state index contributed by atoms with van der Waals surface area (Å²) in [5.41, 5.74) is 0.916. The van der Waals surface area contributed by atoms with Gasteiger partial charge >= 0.3 is 0 Å². The Bertz CT molecular complexity index is 731. The zero-order valence-electron chi connectivity index (χ0n) is 16.5. The third-order valence-electron chi connectivity index (χ3n) is 4.21. The first-order valence-electron chi connectivity index (χ1n) is 9.26. The summed E-state index contributed by atoms with van der Waals surface area (Å²) in [5, 5.41) is 3.25. The highest BCUT2D eigenvalue weighted by atomic mass is 127. The van der Waals surface area contributed by atoms with Gasteiger partial charge in [0.2, 0.25) is 10.0 Å². The number of rotatable bonds is 7. The topological polar surface area (TPSA) is 83.0 Å². The Morgan fingerprint density at radius 3 is 2.57 bits per heavy atom. The number of guanidine groups is 1. The molecule has 2 rings (SSSR count). The number of hydrogen-bond donors (Lipinski definition) is 2. The van der Waals surface area contributed by atoms with Crippen LogP contribution in [0.2, 0.25) is 0 Å². The van der Waals surface area contributed by atoms with Crippen molar-refractivity contribution >= 4 is 40.0 Å². The smallest absolute Gasteiger partial charge is 0.211 e. The first-order valence-corrected chi connectivity index (χ1v) is 10.9. The van der Waals surface area contributed by atoms with Crippen LogP contribution in [0.1, 0.15) is 32.4 Å². The second-order valence-corrected chi connectivity index (χ2v) is 8.52. The van der Waals surface area contributed by atoms with E-state index in [2.05, 4.69) is 19.9 Å². The van der Waals surface area contributed by atoms with Gasteiger partial charge in [0, 0.05) is 19.6 Å². The van der Waals surface area contributed by atoms with E-state index < -0.39 is 10.0 Å². The molecule has 1 aliphatic heterocycles. The van der Waals surface area contributed by atoms with Gasteiger partial charge in [0.15, 0.2) is 5.96 Å². The van der Waals surface area contributed by atoms with Gasteiger partial charge in [-0.3, -0.25) is 4.99 Å². The number of morpholine rings is 1.